The maximum Gasteiger partial charge on any atom is 0.422 e. The van der Waals surface area contributed by atoms with E-state index in [9.17, 15) is 32.3 Å². The average molecular weight is 812 g/mol. The van der Waals surface area contributed by atoms with Crippen LogP contribution in [-0.2, 0) is 29.4 Å². The topological polar surface area (TPSA) is 198 Å². The number of hydrogen-bond donors (Lipinski definition) is 5. The molecule has 5 N–H and O–H groups in total. The Morgan fingerprint density at radius 1 is 0.877 bits per heavy atom. The first-order valence-electron chi connectivity index (χ1n) is 17.6. The smallest absolute Gasteiger partial charge is 0.422 e. The Balaban J connectivity index is 1.06. The van der Waals surface area contributed by atoms with Crippen LogP contribution in [0.1, 0.15) is 28.8 Å². The van der Waals surface area contributed by atoms with Crippen molar-refractivity contribution in [1.82, 2.24) is 25.6 Å². The average Bonchev–Trinajstić information content (AvgIpc) is 3.99. The second-order valence-electron chi connectivity index (χ2n) is 12.9. The Morgan fingerprint density at radius 3 is 2.16 bits per heavy atom. The molecule has 1 atom stereocenters. The lowest BCUT2D eigenvalue weighted by molar-refractivity contribution is -0.154. The van der Waals surface area contributed by atoms with Crippen molar-refractivity contribution in [2.24, 2.45) is 0 Å². The van der Waals surface area contributed by atoms with Gasteiger partial charge in [-0.05, 0) is 79.1 Å². The number of carbonyl (C=O) groups excluding carboxylic acids is 4. The van der Waals surface area contributed by atoms with Gasteiger partial charge in [0, 0.05) is 47.3 Å². The normalized spacial score (nSPS) is 15.1. The van der Waals surface area contributed by atoms with Crippen molar-refractivity contribution < 1.29 is 46.6 Å². The Kier molecular flexibility index (Phi) is 12.6. The van der Waals surface area contributed by atoms with Crippen LogP contribution in [0.3, 0.4) is 0 Å². The van der Waals surface area contributed by atoms with Gasteiger partial charge in [-0.2, -0.15) is 28.1 Å². The minimum absolute atomic E-state index is 0.0373. The maximum atomic E-state index is 13.1. The van der Waals surface area contributed by atoms with E-state index in [4.69, 9.17) is 25.8 Å². The second kappa shape index (κ2) is 17.7. The summed E-state index contributed by atoms with van der Waals surface area (Å²) in [5.74, 6) is -3.82. The second-order valence-corrected chi connectivity index (χ2v) is 13.4. The SMILES string of the molecule is COC(=O)[C@H](CNC(=O)C(=O)Nc1ccc(N2CCOCC2)cc1)NC(=O)c1ccc(Nc2nc(NC3(c4ccc(Cl)cc4)CC3)nc(OCC(F)(F)F)n2)cc1. The summed E-state index contributed by atoms with van der Waals surface area (Å²) in [5, 5.41) is 13.9. The fourth-order valence-corrected chi connectivity index (χ4v) is 5.85. The number of benzene rings is 3. The third-order valence-electron chi connectivity index (χ3n) is 8.85. The number of amides is 3. The molecule has 1 aliphatic carbocycles. The number of halogens is 4. The summed E-state index contributed by atoms with van der Waals surface area (Å²) in [5.41, 5.74) is 2.07. The van der Waals surface area contributed by atoms with Gasteiger partial charge in [-0.15, -0.1) is 0 Å². The minimum Gasteiger partial charge on any atom is -0.467 e. The molecule has 1 saturated carbocycles. The first-order chi connectivity index (χ1) is 27.3. The van der Waals surface area contributed by atoms with Gasteiger partial charge in [-0.1, -0.05) is 23.7 Å². The highest BCUT2D eigenvalue weighted by atomic mass is 35.5. The van der Waals surface area contributed by atoms with Gasteiger partial charge in [0.05, 0.1) is 25.9 Å². The zero-order valence-electron chi connectivity index (χ0n) is 30.3. The number of methoxy groups -OCH3 is 1. The summed E-state index contributed by atoms with van der Waals surface area (Å²) in [6.45, 7) is 0.608. The number of alkyl halides is 3. The van der Waals surface area contributed by atoms with Crippen LogP contribution in [0.2, 0.25) is 5.02 Å². The maximum absolute atomic E-state index is 13.1. The number of rotatable bonds is 14. The van der Waals surface area contributed by atoms with Crippen LogP contribution in [0.25, 0.3) is 0 Å². The van der Waals surface area contributed by atoms with Crippen LogP contribution in [0.5, 0.6) is 6.01 Å². The molecule has 2 heterocycles. The number of carbonyl (C=O) groups is 4. The molecular formula is C37H37ClF3N9O7. The molecule has 20 heteroatoms. The molecule has 57 heavy (non-hydrogen) atoms. The number of esters is 1. The molecule has 0 bridgehead atoms. The highest BCUT2D eigenvalue weighted by molar-refractivity contribution is 6.39. The molecule has 0 radical (unpaired) electrons. The molecule has 3 amide bonds. The Labute approximate surface area is 328 Å². The first kappa shape index (κ1) is 40.5. The van der Waals surface area contributed by atoms with Gasteiger partial charge in [0.2, 0.25) is 11.9 Å². The lowest BCUT2D eigenvalue weighted by Crippen LogP contribution is -2.50. The van der Waals surface area contributed by atoms with E-state index in [0.717, 1.165) is 31.5 Å². The number of morpholine rings is 1. The van der Waals surface area contributed by atoms with Gasteiger partial charge < -0.3 is 45.7 Å². The fourth-order valence-electron chi connectivity index (χ4n) is 5.72. The fraction of sp³-hybridized carbons (Fsp3) is 0.324. The van der Waals surface area contributed by atoms with Crippen LogP contribution in [0, 0.1) is 0 Å². The number of aromatic nitrogens is 3. The molecule has 6 rings (SSSR count). The molecular weight excluding hydrogens is 775 g/mol. The van der Waals surface area contributed by atoms with Crippen molar-refractivity contribution in [3.8, 4) is 6.01 Å². The van der Waals surface area contributed by atoms with E-state index in [1.165, 1.54) is 24.3 Å². The standard InChI is InChI=1S/C37H37ClF3N9O7/c1-55-32(54)28(20-42-30(52)31(53)43-25-10-12-27(13-11-25)50-16-18-56-19-17-50)45-29(51)22-2-8-26(9-3-22)44-33-46-34(48-35(47-33)57-21-37(39,40)41)49-36(14-15-36)23-4-6-24(38)7-5-23/h2-13,28H,14-21H2,1H3,(H,42,52)(H,43,53)(H,45,51)(H2,44,46,47,48,49)/t28-/m0/s1. The van der Waals surface area contributed by atoms with Gasteiger partial charge in [-0.25, -0.2) is 4.79 Å². The molecule has 1 aliphatic heterocycles. The molecule has 0 unspecified atom stereocenters. The van der Waals surface area contributed by atoms with Crippen LogP contribution < -0.4 is 36.2 Å². The highest BCUT2D eigenvalue weighted by Gasteiger charge is 2.45. The van der Waals surface area contributed by atoms with E-state index in [-0.39, 0.29) is 17.5 Å². The third kappa shape index (κ3) is 11.2. The molecule has 2 aliphatic rings. The summed E-state index contributed by atoms with van der Waals surface area (Å²) >= 11 is 6.03. The number of ether oxygens (including phenoxy) is 3. The predicted molar refractivity (Wildman–Crippen MR) is 201 cm³/mol. The summed E-state index contributed by atoms with van der Waals surface area (Å²) in [4.78, 5) is 65.3. The predicted octanol–water partition coefficient (Wildman–Crippen LogP) is 4.17. The van der Waals surface area contributed by atoms with E-state index in [0.29, 0.717) is 42.5 Å². The molecule has 1 aromatic heterocycles. The van der Waals surface area contributed by atoms with Gasteiger partial charge >= 0.3 is 30.0 Å². The number of nitrogens with one attached hydrogen (secondary N) is 5. The molecule has 3 aromatic carbocycles. The summed E-state index contributed by atoms with van der Waals surface area (Å²) in [6, 6.07) is 17.8. The molecule has 2 fully saturated rings. The minimum atomic E-state index is -4.64. The van der Waals surface area contributed by atoms with Crippen LogP contribution >= 0.6 is 11.6 Å². The number of nitrogens with zero attached hydrogens (tertiary/aromatic N) is 4. The summed E-state index contributed by atoms with van der Waals surface area (Å²) < 4.78 is 53.9. The van der Waals surface area contributed by atoms with Crippen molar-refractivity contribution in [1.29, 1.82) is 0 Å². The van der Waals surface area contributed by atoms with Gasteiger partial charge in [-0.3, -0.25) is 14.4 Å². The lowest BCUT2D eigenvalue weighted by atomic mass is 10.1. The quantitative estimate of drug-likeness (QED) is 0.0900. The van der Waals surface area contributed by atoms with E-state index >= 15 is 0 Å². The van der Waals surface area contributed by atoms with Crippen molar-refractivity contribution in [3.63, 3.8) is 0 Å². The lowest BCUT2D eigenvalue weighted by Gasteiger charge is -2.28. The molecule has 0 spiro atoms. The number of hydrogen-bond acceptors (Lipinski definition) is 13. The van der Waals surface area contributed by atoms with Crippen LogP contribution in [-0.4, -0.2) is 97.4 Å². The molecule has 1 saturated heterocycles. The molecule has 16 nitrogen and oxygen atoms in total. The van der Waals surface area contributed by atoms with Crippen molar-refractivity contribution in [2.75, 3.05) is 67.4 Å². The summed E-state index contributed by atoms with van der Waals surface area (Å²) in [6.07, 6.45) is -3.24. The third-order valence-corrected chi connectivity index (χ3v) is 9.10. The van der Waals surface area contributed by atoms with E-state index < -0.39 is 60.6 Å². The Bertz CT molecular complexity index is 2070. The van der Waals surface area contributed by atoms with Crippen LogP contribution in [0.4, 0.5) is 42.1 Å². The Hall–Kier alpha value is -6.21. The van der Waals surface area contributed by atoms with Crippen molar-refractivity contribution in [3.05, 3.63) is 88.9 Å². The molecule has 300 valence electrons. The van der Waals surface area contributed by atoms with E-state index in [1.807, 2.05) is 24.3 Å². The highest BCUT2D eigenvalue weighted by Crippen LogP contribution is 2.48. The monoisotopic (exact) mass is 811 g/mol. The van der Waals surface area contributed by atoms with E-state index in [2.05, 4.69) is 46.4 Å². The Morgan fingerprint density at radius 2 is 1.53 bits per heavy atom. The zero-order chi connectivity index (χ0) is 40.6. The molecule has 4 aromatic rings. The van der Waals surface area contributed by atoms with Crippen molar-refractivity contribution >= 4 is 64.3 Å². The van der Waals surface area contributed by atoms with E-state index in [1.54, 1.807) is 24.3 Å². The first-order valence-corrected chi connectivity index (χ1v) is 17.9. The van der Waals surface area contributed by atoms with Gasteiger partial charge in [0.25, 0.3) is 5.91 Å². The van der Waals surface area contributed by atoms with Gasteiger partial charge in [0.15, 0.2) is 6.61 Å². The van der Waals surface area contributed by atoms with Crippen LogP contribution in [0.15, 0.2) is 72.8 Å². The van der Waals surface area contributed by atoms with Crippen molar-refractivity contribution in [2.45, 2.75) is 30.6 Å². The number of anilines is 5. The zero-order valence-corrected chi connectivity index (χ0v) is 31.1. The van der Waals surface area contributed by atoms with Gasteiger partial charge in [0.1, 0.15) is 6.04 Å². The largest absolute Gasteiger partial charge is 0.467 e. The summed E-state index contributed by atoms with van der Waals surface area (Å²) in [7, 11) is 1.10.